The van der Waals surface area contributed by atoms with Gasteiger partial charge in [-0.3, -0.25) is 4.57 Å². The molecule has 2 rings (SSSR count). The van der Waals surface area contributed by atoms with Crippen molar-refractivity contribution in [1.29, 1.82) is 0 Å². The van der Waals surface area contributed by atoms with Crippen LogP contribution in [0.4, 0.5) is 0 Å². The second kappa shape index (κ2) is 3.83. The maximum Gasteiger partial charge on any atom is 0.326 e. The fourth-order valence-corrected chi connectivity index (χ4v) is 2.40. The Morgan fingerprint density at radius 3 is 2.87 bits per heavy atom. The highest BCUT2D eigenvalue weighted by atomic mass is 35.5. The minimum atomic E-state index is -0.107. The molecule has 0 unspecified atom stereocenters. The van der Waals surface area contributed by atoms with Gasteiger partial charge in [-0.05, 0) is 13.8 Å². The van der Waals surface area contributed by atoms with Crippen molar-refractivity contribution in [2.75, 3.05) is 0 Å². The Kier molecular flexibility index (Phi) is 2.67. The quantitative estimate of drug-likeness (QED) is 0.881. The van der Waals surface area contributed by atoms with E-state index in [2.05, 4.69) is 9.97 Å². The molecule has 0 fully saturated rings. The SMILES string of the molecule is CC(C)n1c(-c2cnc(Cl)s2)c[nH]c1=O. The Morgan fingerprint density at radius 1 is 1.60 bits per heavy atom. The number of nitrogens with one attached hydrogen (secondary N) is 1. The molecule has 0 amide bonds. The summed E-state index contributed by atoms with van der Waals surface area (Å²) in [6.07, 6.45) is 3.36. The van der Waals surface area contributed by atoms with Gasteiger partial charge in [0.15, 0.2) is 4.47 Å². The highest BCUT2D eigenvalue weighted by Crippen LogP contribution is 2.28. The lowest BCUT2D eigenvalue weighted by Gasteiger charge is -2.08. The molecule has 2 aromatic rings. The third kappa shape index (κ3) is 1.85. The summed E-state index contributed by atoms with van der Waals surface area (Å²) >= 11 is 7.12. The number of H-pyrrole nitrogens is 1. The zero-order valence-electron chi connectivity index (χ0n) is 8.32. The molecule has 0 aliphatic heterocycles. The molecule has 0 spiro atoms. The van der Waals surface area contributed by atoms with E-state index in [-0.39, 0.29) is 11.7 Å². The summed E-state index contributed by atoms with van der Waals surface area (Å²) in [7, 11) is 0. The van der Waals surface area contributed by atoms with E-state index in [1.165, 1.54) is 11.3 Å². The average Bonchev–Trinajstić information content (AvgIpc) is 2.71. The number of rotatable bonds is 2. The van der Waals surface area contributed by atoms with E-state index < -0.39 is 0 Å². The number of hydrogen-bond acceptors (Lipinski definition) is 3. The maximum absolute atomic E-state index is 11.5. The summed E-state index contributed by atoms with van der Waals surface area (Å²) in [4.78, 5) is 19.0. The summed E-state index contributed by atoms with van der Waals surface area (Å²) < 4.78 is 2.16. The van der Waals surface area contributed by atoms with Crippen LogP contribution in [0.2, 0.25) is 4.47 Å². The molecule has 15 heavy (non-hydrogen) atoms. The lowest BCUT2D eigenvalue weighted by molar-refractivity contribution is 0.586. The highest BCUT2D eigenvalue weighted by Gasteiger charge is 2.13. The second-order valence-corrected chi connectivity index (χ2v) is 5.03. The molecule has 0 saturated carbocycles. The first-order valence-electron chi connectivity index (χ1n) is 4.51. The van der Waals surface area contributed by atoms with Gasteiger partial charge >= 0.3 is 5.69 Å². The van der Waals surface area contributed by atoms with E-state index >= 15 is 0 Å². The van der Waals surface area contributed by atoms with Crippen LogP contribution in [0.1, 0.15) is 19.9 Å². The van der Waals surface area contributed by atoms with Gasteiger partial charge in [0.25, 0.3) is 0 Å². The molecule has 2 heterocycles. The van der Waals surface area contributed by atoms with E-state index in [0.29, 0.717) is 4.47 Å². The molecule has 1 N–H and O–H groups in total. The van der Waals surface area contributed by atoms with Crippen molar-refractivity contribution in [3.63, 3.8) is 0 Å². The van der Waals surface area contributed by atoms with Gasteiger partial charge in [0.2, 0.25) is 0 Å². The zero-order chi connectivity index (χ0) is 11.0. The second-order valence-electron chi connectivity index (χ2n) is 3.42. The molecule has 0 aliphatic carbocycles. The van der Waals surface area contributed by atoms with Crippen molar-refractivity contribution in [3.05, 3.63) is 27.3 Å². The summed E-state index contributed by atoms with van der Waals surface area (Å²) in [5.41, 5.74) is 0.726. The Hall–Kier alpha value is -1.07. The first kappa shape index (κ1) is 10.4. The van der Waals surface area contributed by atoms with E-state index in [0.717, 1.165) is 10.6 Å². The van der Waals surface area contributed by atoms with Gasteiger partial charge in [0.1, 0.15) is 0 Å². The average molecular weight is 244 g/mol. The van der Waals surface area contributed by atoms with Crippen LogP contribution in [0.5, 0.6) is 0 Å². The lowest BCUT2D eigenvalue weighted by atomic mass is 10.3. The number of hydrogen-bond donors (Lipinski definition) is 1. The largest absolute Gasteiger partial charge is 0.326 e. The molecule has 2 aromatic heterocycles. The van der Waals surface area contributed by atoms with Gasteiger partial charge in [-0.2, -0.15) is 0 Å². The van der Waals surface area contributed by atoms with Crippen molar-refractivity contribution in [3.8, 4) is 10.6 Å². The van der Waals surface area contributed by atoms with E-state index in [9.17, 15) is 4.79 Å². The van der Waals surface area contributed by atoms with Crippen molar-refractivity contribution >= 4 is 22.9 Å². The zero-order valence-corrected chi connectivity index (χ0v) is 9.89. The van der Waals surface area contributed by atoms with Gasteiger partial charge in [-0.1, -0.05) is 11.6 Å². The number of nitrogens with zero attached hydrogens (tertiary/aromatic N) is 2. The number of aromatic amines is 1. The van der Waals surface area contributed by atoms with Crippen LogP contribution >= 0.6 is 22.9 Å². The van der Waals surface area contributed by atoms with E-state index in [1.54, 1.807) is 17.0 Å². The van der Waals surface area contributed by atoms with Gasteiger partial charge in [0.05, 0.1) is 10.6 Å². The summed E-state index contributed by atoms with van der Waals surface area (Å²) in [5.74, 6) is 0. The fourth-order valence-electron chi connectivity index (χ4n) is 1.45. The van der Waals surface area contributed by atoms with Crippen molar-refractivity contribution in [1.82, 2.24) is 14.5 Å². The van der Waals surface area contributed by atoms with Gasteiger partial charge in [-0.25, -0.2) is 9.78 Å². The molecule has 0 aliphatic rings. The predicted octanol–water partition coefficient (Wildman–Crippen LogP) is 2.53. The first-order chi connectivity index (χ1) is 7.09. The molecular weight excluding hydrogens is 234 g/mol. The first-order valence-corrected chi connectivity index (χ1v) is 5.70. The number of thiazole rings is 1. The molecule has 80 valence electrons. The fraction of sp³-hybridized carbons (Fsp3) is 0.333. The normalized spacial score (nSPS) is 11.2. The Morgan fingerprint density at radius 2 is 2.33 bits per heavy atom. The molecule has 6 heteroatoms. The van der Waals surface area contributed by atoms with Crippen LogP contribution in [0, 0.1) is 0 Å². The molecule has 0 aromatic carbocycles. The minimum absolute atomic E-state index is 0.107. The molecule has 4 nitrogen and oxygen atoms in total. The van der Waals surface area contributed by atoms with Crippen LogP contribution in [0.25, 0.3) is 10.6 Å². The third-order valence-electron chi connectivity index (χ3n) is 2.06. The number of imidazole rings is 1. The van der Waals surface area contributed by atoms with Gasteiger partial charge in [-0.15, -0.1) is 11.3 Å². The topological polar surface area (TPSA) is 50.7 Å². The van der Waals surface area contributed by atoms with Gasteiger partial charge in [0, 0.05) is 18.4 Å². The van der Waals surface area contributed by atoms with Crippen LogP contribution < -0.4 is 5.69 Å². The van der Waals surface area contributed by atoms with Crippen LogP contribution in [-0.2, 0) is 0 Å². The molecule has 0 bridgehead atoms. The van der Waals surface area contributed by atoms with E-state index in [4.69, 9.17) is 11.6 Å². The monoisotopic (exact) mass is 243 g/mol. The molecule has 0 radical (unpaired) electrons. The van der Waals surface area contributed by atoms with Crippen molar-refractivity contribution in [2.45, 2.75) is 19.9 Å². The maximum atomic E-state index is 11.5. The van der Waals surface area contributed by atoms with Crippen molar-refractivity contribution < 1.29 is 0 Å². The Balaban J connectivity index is 2.58. The number of halogens is 1. The minimum Gasteiger partial charge on any atom is -0.312 e. The Bertz CT molecular complexity index is 525. The number of aromatic nitrogens is 3. The summed E-state index contributed by atoms with van der Waals surface area (Å²) in [6.45, 7) is 3.92. The predicted molar refractivity (Wildman–Crippen MR) is 61.6 cm³/mol. The molecule has 0 atom stereocenters. The Labute approximate surface area is 95.5 Å². The van der Waals surface area contributed by atoms with Gasteiger partial charge < -0.3 is 4.98 Å². The van der Waals surface area contributed by atoms with Crippen molar-refractivity contribution in [2.24, 2.45) is 0 Å². The standard InChI is InChI=1S/C9H10ClN3OS/c1-5(2)13-6(3-12-9(13)14)7-4-11-8(10)15-7/h3-5H,1-2H3,(H,12,14). The van der Waals surface area contributed by atoms with E-state index in [1.807, 2.05) is 13.8 Å². The smallest absolute Gasteiger partial charge is 0.312 e. The summed E-state index contributed by atoms with van der Waals surface area (Å²) in [5, 5.41) is 0. The molecular formula is C9H10ClN3OS. The van der Waals surface area contributed by atoms with Crippen LogP contribution in [0.3, 0.4) is 0 Å². The van der Waals surface area contributed by atoms with Crippen LogP contribution in [-0.4, -0.2) is 14.5 Å². The lowest BCUT2D eigenvalue weighted by Crippen LogP contribution is -2.19. The third-order valence-corrected chi connectivity index (χ3v) is 3.19. The highest BCUT2D eigenvalue weighted by molar-refractivity contribution is 7.18. The molecule has 0 saturated heterocycles. The van der Waals surface area contributed by atoms with Crippen LogP contribution in [0.15, 0.2) is 17.2 Å². The summed E-state index contributed by atoms with van der Waals surface area (Å²) in [6, 6.07) is 0.111.